The Labute approximate surface area is 110 Å². The van der Waals surface area contributed by atoms with E-state index in [-0.39, 0.29) is 17.7 Å². The number of rotatable bonds is 10. The molecule has 0 bridgehead atoms. The Balaban J connectivity index is 3.90. The van der Waals surface area contributed by atoms with Gasteiger partial charge in [-0.3, -0.25) is 4.79 Å². The van der Waals surface area contributed by atoms with Gasteiger partial charge in [-0.1, -0.05) is 26.7 Å². The third kappa shape index (κ3) is 8.47. The van der Waals surface area contributed by atoms with Gasteiger partial charge >= 0.3 is 5.97 Å². The van der Waals surface area contributed by atoms with Gasteiger partial charge in [0.15, 0.2) is 0 Å². The van der Waals surface area contributed by atoms with E-state index in [4.69, 9.17) is 5.11 Å². The van der Waals surface area contributed by atoms with Crippen molar-refractivity contribution in [1.29, 1.82) is 0 Å². The Morgan fingerprint density at radius 1 is 1.22 bits per heavy atom. The molecule has 0 aromatic heterocycles. The first kappa shape index (κ1) is 17.4. The fourth-order valence-electron chi connectivity index (χ4n) is 1.61. The number of sulfonamides is 1. The van der Waals surface area contributed by atoms with Crippen LogP contribution in [0, 0.1) is 5.92 Å². The molecule has 0 aliphatic carbocycles. The smallest absolute Gasteiger partial charge is 0.306 e. The van der Waals surface area contributed by atoms with E-state index in [0.29, 0.717) is 25.7 Å². The van der Waals surface area contributed by atoms with Gasteiger partial charge in [-0.25, -0.2) is 13.1 Å². The first-order valence-corrected chi connectivity index (χ1v) is 8.16. The van der Waals surface area contributed by atoms with E-state index in [0.717, 1.165) is 6.42 Å². The fraction of sp³-hybridized carbons (Fsp3) is 0.917. The molecule has 5 nitrogen and oxygen atoms in total. The maximum absolute atomic E-state index is 11.6. The van der Waals surface area contributed by atoms with Gasteiger partial charge in [0.05, 0.1) is 11.7 Å². The number of unbranched alkanes of at least 4 members (excludes halogenated alkanes) is 1. The van der Waals surface area contributed by atoms with Crippen LogP contribution in [0.5, 0.6) is 0 Å². The van der Waals surface area contributed by atoms with Crippen molar-refractivity contribution in [3.63, 3.8) is 0 Å². The fourth-order valence-corrected chi connectivity index (χ4v) is 3.13. The lowest BCUT2D eigenvalue weighted by Crippen LogP contribution is -2.34. The van der Waals surface area contributed by atoms with Gasteiger partial charge in [0.1, 0.15) is 0 Å². The minimum absolute atomic E-state index is 0.132. The van der Waals surface area contributed by atoms with Crippen LogP contribution >= 0.6 is 0 Å². The molecule has 0 aliphatic rings. The molecular formula is C12H25NO4S. The number of carbonyl (C=O) groups is 1. The summed E-state index contributed by atoms with van der Waals surface area (Å²) in [4.78, 5) is 10.6. The van der Waals surface area contributed by atoms with Crippen molar-refractivity contribution in [2.24, 2.45) is 5.92 Å². The zero-order valence-electron chi connectivity index (χ0n) is 11.5. The number of carboxylic acids is 1. The van der Waals surface area contributed by atoms with Crippen molar-refractivity contribution < 1.29 is 18.3 Å². The second-order valence-corrected chi connectivity index (χ2v) is 6.73. The lowest BCUT2D eigenvalue weighted by atomic mass is 10.0. The van der Waals surface area contributed by atoms with Gasteiger partial charge < -0.3 is 5.11 Å². The summed E-state index contributed by atoms with van der Waals surface area (Å²) < 4.78 is 25.8. The number of aliphatic carboxylic acids is 1. The van der Waals surface area contributed by atoms with E-state index in [1.807, 2.05) is 13.8 Å². The maximum Gasteiger partial charge on any atom is 0.306 e. The van der Waals surface area contributed by atoms with Crippen LogP contribution in [-0.2, 0) is 14.8 Å². The van der Waals surface area contributed by atoms with Crippen LogP contribution < -0.4 is 4.72 Å². The molecule has 18 heavy (non-hydrogen) atoms. The largest absolute Gasteiger partial charge is 0.481 e. The summed E-state index contributed by atoms with van der Waals surface area (Å²) in [5, 5.41) is 8.72. The zero-order valence-corrected chi connectivity index (χ0v) is 12.3. The molecule has 0 heterocycles. The van der Waals surface area contributed by atoms with Gasteiger partial charge in [0.2, 0.25) is 10.0 Å². The van der Waals surface area contributed by atoms with E-state index in [1.165, 1.54) is 0 Å². The van der Waals surface area contributed by atoms with Crippen LogP contribution in [-0.4, -0.2) is 31.3 Å². The van der Waals surface area contributed by atoms with Crippen LogP contribution in [0.2, 0.25) is 0 Å². The maximum atomic E-state index is 11.6. The van der Waals surface area contributed by atoms with Crippen LogP contribution in [0.15, 0.2) is 0 Å². The third-order valence-corrected chi connectivity index (χ3v) is 4.43. The predicted molar refractivity (Wildman–Crippen MR) is 71.9 cm³/mol. The second-order valence-electron chi connectivity index (χ2n) is 4.86. The first-order valence-electron chi connectivity index (χ1n) is 6.51. The van der Waals surface area contributed by atoms with E-state index in [2.05, 4.69) is 4.72 Å². The molecule has 2 atom stereocenters. The highest BCUT2D eigenvalue weighted by atomic mass is 32.2. The average Bonchev–Trinajstić information content (AvgIpc) is 2.25. The monoisotopic (exact) mass is 279 g/mol. The summed E-state index contributed by atoms with van der Waals surface area (Å²) >= 11 is 0. The molecule has 2 unspecified atom stereocenters. The summed E-state index contributed by atoms with van der Waals surface area (Å²) in [5.41, 5.74) is 0. The third-order valence-electron chi connectivity index (χ3n) is 2.84. The Kier molecular flexibility index (Phi) is 8.18. The standard InChI is InChI=1S/C12H25NO4S/c1-4-5-9-18(16,17)13-11(3)8-6-7-10(2)12(14)15/h10-11,13H,4-9H2,1-3H3,(H,14,15). The molecule has 0 spiro atoms. The van der Waals surface area contributed by atoms with Crippen molar-refractivity contribution in [3.8, 4) is 0 Å². The van der Waals surface area contributed by atoms with Gasteiger partial charge in [-0.05, 0) is 26.2 Å². The summed E-state index contributed by atoms with van der Waals surface area (Å²) in [5.74, 6) is -1.00. The molecule has 0 amide bonds. The molecule has 0 saturated heterocycles. The van der Waals surface area contributed by atoms with E-state index >= 15 is 0 Å². The van der Waals surface area contributed by atoms with Gasteiger partial charge in [0, 0.05) is 6.04 Å². The summed E-state index contributed by atoms with van der Waals surface area (Å²) in [7, 11) is -3.18. The Morgan fingerprint density at radius 3 is 2.33 bits per heavy atom. The first-order chi connectivity index (χ1) is 8.28. The number of nitrogens with one attached hydrogen (secondary N) is 1. The minimum atomic E-state index is -3.18. The SMILES string of the molecule is CCCCS(=O)(=O)NC(C)CCCC(C)C(=O)O. The lowest BCUT2D eigenvalue weighted by molar-refractivity contribution is -0.141. The molecule has 2 N–H and O–H groups in total. The molecule has 0 rings (SSSR count). The van der Waals surface area contributed by atoms with Crippen molar-refractivity contribution >= 4 is 16.0 Å². The van der Waals surface area contributed by atoms with Gasteiger partial charge in [-0.15, -0.1) is 0 Å². The highest BCUT2D eigenvalue weighted by Gasteiger charge is 2.15. The van der Waals surface area contributed by atoms with E-state index < -0.39 is 16.0 Å². The van der Waals surface area contributed by atoms with Crippen molar-refractivity contribution in [2.75, 3.05) is 5.75 Å². The molecule has 0 aliphatic heterocycles. The molecule has 0 radical (unpaired) electrons. The van der Waals surface area contributed by atoms with Crippen LogP contribution in [0.25, 0.3) is 0 Å². The summed E-state index contributed by atoms with van der Waals surface area (Å²) in [6, 6.07) is -0.132. The van der Waals surface area contributed by atoms with Crippen molar-refractivity contribution in [2.45, 2.75) is 58.9 Å². The predicted octanol–water partition coefficient (Wildman–Crippen LogP) is 1.99. The molecular weight excluding hydrogens is 254 g/mol. The highest BCUT2D eigenvalue weighted by molar-refractivity contribution is 7.89. The number of hydrogen-bond acceptors (Lipinski definition) is 3. The van der Waals surface area contributed by atoms with Crippen LogP contribution in [0.1, 0.15) is 52.9 Å². The Bertz CT molecular complexity index is 340. The van der Waals surface area contributed by atoms with Crippen LogP contribution in [0.3, 0.4) is 0 Å². The molecule has 0 fully saturated rings. The second kappa shape index (κ2) is 8.48. The van der Waals surface area contributed by atoms with Crippen molar-refractivity contribution in [3.05, 3.63) is 0 Å². The number of carboxylic acid groups (broad SMARTS) is 1. The van der Waals surface area contributed by atoms with Crippen LogP contribution in [0.4, 0.5) is 0 Å². The summed E-state index contributed by atoms with van der Waals surface area (Å²) in [6.07, 6.45) is 3.48. The topological polar surface area (TPSA) is 83.5 Å². The normalized spacial score (nSPS) is 15.3. The lowest BCUT2D eigenvalue weighted by Gasteiger charge is -2.14. The van der Waals surface area contributed by atoms with E-state index in [9.17, 15) is 13.2 Å². The minimum Gasteiger partial charge on any atom is -0.481 e. The van der Waals surface area contributed by atoms with Gasteiger partial charge in [0.25, 0.3) is 0 Å². The van der Waals surface area contributed by atoms with E-state index in [1.54, 1.807) is 6.92 Å². The van der Waals surface area contributed by atoms with Crippen molar-refractivity contribution in [1.82, 2.24) is 4.72 Å². The zero-order chi connectivity index (χ0) is 14.2. The molecule has 0 aromatic rings. The number of hydrogen-bond donors (Lipinski definition) is 2. The quantitative estimate of drug-likeness (QED) is 0.640. The summed E-state index contributed by atoms with van der Waals surface area (Å²) in [6.45, 7) is 5.43. The molecule has 6 heteroatoms. The van der Waals surface area contributed by atoms with Gasteiger partial charge in [-0.2, -0.15) is 0 Å². The molecule has 0 saturated carbocycles. The highest BCUT2D eigenvalue weighted by Crippen LogP contribution is 2.10. The average molecular weight is 279 g/mol. The molecule has 108 valence electrons. The Hall–Kier alpha value is -0.620. The Morgan fingerprint density at radius 2 is 1.83 bits per heavy atom. The molecule has 0 aromatic carbocycles.